The van der Waals surface area contributed by atoms with Crippen LogP contribution in [0.2, 0.25) is 10.0 Å². The predicted octanol–water partition coefficient (Wildman–Crippen LogP) is 6.57. The zero-order valence-electron chi connectivity index (χ0n) is 28.0. The first-order valence-corrected chi connectivity index (χ1v) is 18.8. The van der Waals surface area contributed by atoms with Crippen LogP contribution in [0.25, 0.3) is 17.2 Å². The highest BCUT2D eigenvalue weighted by atomic mass is 35.5. The Hall–Kier alpha value is -3.20. The summed E-state index contributed by atoms with van der Waals surface area (Å²) in [5, 5.41) is 10.6. The van der Waals surface area contributed by atoms with Crippen molar-refractivity contribution in [2.24, 2.45) is 0 Å². The van der Waals surface area contributed by atoms with Crippen LogP contribution in [0.3, 0.4) is 0 Å². The van der Waals surface area contributed by atoms with E-state index in [9.17, 15) is 14.7 Å². The number of aromatic carboxylic acids is 1. The van der Waals surface area contributed by atoms with E-state index in [4.69, 9.17) is 54.4 Å². The largest absolute Gasteiger partial charge is 0.493 e. The summed E-state index contributed by atoms with van der Waals surface area (Å²) >= 11 is 19.6. The molecule has 6 rings (SSSR count). The lowest BCUT2D eigenvalue weighted by atomic mass is 10.0. The SMILES string of the molecule is O=C(O)c1ccc(OCCCN2C(=O)C(=Cc3cc(-c4ccc(Cl)cc4Cl)ccc3OCCN3CCOCC3)SC2=S)c(CN2CCOCC2)c1. The number of benzene rings is 3. The van der Waals surface area contributed by atoms with Crippen LogP contribution in [0.15, 0.2) is 59.5 Å². The molecule has 51 heavy (non-hydrogen) atoms. The van der Waals surface area contributed by atoms with E-state index >= 15 is 0 Å². The molecular weight excluding hydrogens is 733 g/mol. The molecule has 3 fully saturated rings. The van der Waals surface area contributed by atoms with Gasteiger partial charge in [-0.1, -0.05) is 59.3 Å². The van der Waals surface area contributed by atoms with Crippen LogP contribution in [0.4, 0.5) is 0 Å². The normalized spacial score (nSPS) is 18.1. The monoisotopic (exact) mass is 771 g/mol. The molecule has 0 unspecified atom stereocenters. The summed E-state index contributed by atoms with van der Waals surface area (Å²) < 4.78 is 23.8. The van der Waals surface area contributed by atoms with Crippen LogP contribution in [0.1, 0.15) is 27.9 Å². The lowest BCUT2D eigenvalue weighted by Crippen LogP contribution is -2.38. The zero-order valence-corrected chi connectivity index (χ0v) is 31.1. The summed E-state index contributed by atoms with van der Waals surface area (Å²) in [4.78, 5) is 31.9. The average Bonchev–Trinajstić information content (AvgIpc) is 3.39. The molecule has 3 aromatic rings. The molecule has 3 aromatic carbocycles. The maximum absolute atomic E-state index is 13.7. The van der Waals surface area contributed by atoms with Gasteiger partial charge in [0.05, 0.1) is 43.5 Å². The van der Waals surface area contributed by atoms with Crippen molar-refractivity contribution < 1.29 is 33.6 Å². The van der Waals surface area contributed by atoms with Gasteiger partial charge in [-0.3, -0.25) is 19.5 Å². The summed E-state index contributed by atoms with van der Waals surface area (Å²) in [6, 6.07) is 16.1. The Morgan fingerprint density at radius 1 is 0.882 bits per heavy atom. The lowest BCUT2D eigenvalue weighted by molar-refractivity contribution is -0.122. The van der Waals surface area contributed by atoms with Gasteiger partial charge in [0.25, 0.3) is 5.91 Å². The maximum Gasteiger partial charge on any atom is 0.335 e. The molecule has 0 aromatic heterocycles. The van der Waals surface area contributed by atoms with Crippen molar-refractivity contribution in [1.29, 1.82) is 0 Å². The van der Waals surface area contributed by atoms with Gasteiger partial charge in [-0.15, -0.1) is 0 Å². The molecule has 270 valence electrons. The highest BCUT2D eigenvalue weighted by Crippen LogP contribution is 2.37. The van der Waals surface area contributed by atoms with Gasteiger partial charge in [-0.2, -0.15) is 0 Å². The van der Waals surface area contributed by atoms with Gasteiger partial charge in [-0.25, -0.2) is 4.79 Å². The summed E-state index contributed by atoms with van der Waals surface area (Å²) in [6.07, 6.45) is 2.35. The average molecular weight is 773 g/mol. The Labute approximate surface area is 317 Å². The third kappa shape index (κ3) is 10.0. The van der Waals surface area contributed by atoms with Gasteiger partial charge in [0.1, 0.15) is 22.4 Å². The van der Waals surface area contributed by atoms with E-state index in [0.29, 0.717) is 89.9 Å². The number of rotatable bonds is 14. The summed E-state index contributed by atoms with van der Waals surface area (Å²) in [6.45, 7) is 8.46. The van der Waals surface area contributed by atoms with E-state index in [1.165, 1.54) is 11.8 Å². The van der Waals surface area contributed by atoms with E-state index in [2.05, 4.69) is 9.80 Å². The molecule has 1 amide bonds. The highest BCUT2D eigenvalue weighted by molar-refractivity contribution is 8.26. The highest BCUT2D eigenvalue weighted by Gasteiger charge is 2.32. The Bertz CT molecular complexity index is 1780. The fraction of sp³-hybridized carbons (Fsp3) is 0.378. The minimum atomic E-state index is -0.987. The predicted molar refractivity (Wildman–Crippen MR) is 204 cm³/mol. The second-order valence-corrected chi connectivity index (χ2v) is 14.8. The van der Waals surface area contributed by atoms with Crippen molar-refractivity contribution in [2.75, 3.05) is 78.9 Å². The zero-order chi connectivity index (χ0) is 35.7. The first-order chi connectivity index (χ1) is 24.7. The van der Waals surface area contributed by atoms with Gasteiger partial charge in [0.2, 0.25) is 0 Å². The molecule has 0 aliphatic carbocycles. The molecule has 3 saturated heterocycles. The number of amides is 1. The molecule has 0 bridgehead atoms. The van der Waals surface area contributed by atoms with Gasteiger partial charge in [-0.05, 0) is 60.5 Å². The fourth-order valence-electron chi connectivity index (χ4n) is 6.01. The third-order valence-corrected chi connectivity index (χ3v) is 10.7. The molecular formula is C37H39Cl2N3O7S2. The van der Waals surface area contributed by atoms with Gasteiger partial charge < -0.3 is 24.1 Å². The van der Waals surface area contributed by atoms with E-state index in [0.717, 1.165) is 55.0 Å². The number of thiocarbonyl (C=S) groups is 1. The molecule has 1 N–H and O–H groups in total. The molecule has 3 heterocycles. The maximum atomic E-state index is 13.7. The topological polar surface area (TPSA) is 101 Å². The number of morpholine rings is 2. The number of nitrogens with zero attached hydrogens (tertiary/aromatic N) is 3. The van der Waals surface area contributed by atoms with Crippen LogP contribution >= 0.6 is 47.2 Å². The number of thioether (sulfide) groups is 1. The lowest BCUT2D eigenvalue weighted by Gasteiger charge is -2.27. The van der Waals surface area contributed by atoms with Crippen molar-refractivity contribution in [3.05, 3.63) is 86.2 Å². The third-order valence-electron chi connectivity index (χ3n) is 8.77. The Morgan fingerprint density at radius 2 is 1.59 bits per heavy atom. The van der Waals surface area contributed by atoms with Crippen molar-refractivity contribution in [1.82, 2.24) is 14.7 Å². The standard InChI is InChI=1S/C37H39Cl2N3O7S2/c38-29-4-5-30(31(39)23-29)25-2-6-32(49-19-13-40-9-15-46-16-10-40)27(20-25)22-34-35(43)42(37(50)51-34)8-1-14-48-33-7-3-26(36(44)45)21-28(33)24-41-11-17-47-18-12-41/h2-7,20-23H,1,8-19,24H2,(H,44,45). The Balaban J connectivity index is 1.13. The first-order valence-electron chi connectivity index (χ1n) is 16.8. The van der Waals surface area contributed by atoms with E-state index in [1.54, 1.807) is 35.2 Å². The van der Waals surface area contributed by atoms with Crippen LogP contribution < -0.4 is 9.47 Å². The molecule has 10 nitrogen and oxygen atoms in total. The van der Waals surface area contributed by atoms with Crippen molar-refractivity contribution >= 4 is 69.5 Å². The molecule has 0 atom stereocenters. The Kier molecular flexibility index (Phi) is 13.3. The Morgan fingerprint density at radius 3 is 2.31 bits per heavy atom. The number of carboxylic acid groups (broad SMARTS) is 1. The number of hydrogen-bond acceptors (Lipinski definition) is 10. The first kappa shape index (κ1) is 37.6. The fourth-order valence-corrected chi connectivity index (χ4v) is 7.83. The quantitative estimate of drug-likeness (QED) is 0.109. The number of carboxylic acids is 1. The van der Waals surface area contributed by atoms with Crippen molar-refractivity contribution in [3.63, 3.8) is 0 Å². The van der Waals surface area contributed by atoms with Crippen LogP contribution in [-0.2, 0) is 20.8 Å². The van der Waals surface area contributed by atoms with Crippen LogP contribution in [0.5, 0.6) is 11.5 Å². The smallest absolute Gasteiger partial charge is 0.335 e. The molecule has 14 heteroatoms. The van der Waals surface area contributed by atoms with Crippen LogP contribution in [-0.4, -0.2) is 115 Å². The summed E-state index contributed by atoms with van der Waals surface area (Å²) in [7, 11) is 0. The number of ether oxygens (including phenoxy) is 4. The minimum absolute atomic E-state index is 0.182. The van der Waals surface area contributed by atoms with Gasteiger partial charge in [0.15, 0.2) is 0 Å². The van der Waals surface area contributed by atoms with Crippen molar-refractivity contribution in [2.45, 2.75) is 13.0 Å². The molecule has 0 saturated carbocycles. The number of carbonyl (C=O) groups excluding carboxylic acids is 1. The molecule has 0 spiro atoms. The van der Waals surface area contributed by atoms with E-state index in [1.807, 2.05) is 30.3 Å². The molecule has 0 radical (unpaired) electrons. The van der Waals surface area contributed by atoms with Crippen LogP contribution in [0, 0.1) is 0 Å². The summed E-state index contributed by atoms with van der Waals surface area (Å²) in [5.41, 5.74) is 3.43. The number of carbonyl (C=O) groups is 2. The number of halogens is 2. The van der Waals surface area contributed by atoms with Gasteiger partial charge in [0, 0.05) is 72.5 Å². The van der Waals surface area contributed by atoms with Gasteiger partial charge >= 0.3 is 5.97 Å². The van der Waals surface area contributed by atoms with Crippen molar-refractivity contribution in [3.8, 4) is 22.6 Å². The summed E-state index contributed by atoms with van der Waals surface area (Å²) in [5.74, 6) is 0.105. The van der Waals surface area contributed by atoms with E-state index < -0.39 is 5.97 Å². The van der Waals surface area contributed by atoms with E-state index in [-0.39, 0.29) is 11.5 Å². The minimum Gasteiger partial charge on any atom is -0.493 e. The molecule has 3 aliphatic heterocycles. The molecule has 3 aliphatic rings. The second kappa shape index (κ2) is 18.0. The number of hydrogen-bond donors (Lipinski definition) is 1. The second-order valence-electron chi connectivity index (χ2n) is 12.2.